The number of rotatable bonds is 3. The predicted molar refractivity (Wildman–Crippen MR) is 82.0 cm³/mol. The first-order chi connectivity index (χ1) is 9.85. The highest BCUT2D eigenvalue weighted by Crippen LogP contribution is 2.20. The van der Waals surface area contributed by atoms with Crippen molar-refractivity contribution in [1.29, 1.82) is 5.26 Å². The van der Waals surface area contributed by atoms with Crippen LogP contribution in [-0.2, 0) is 15.8 Å². The molecule has 1 aromatic rings. The molecule has 1 aromatic carbocycles. The topological polar surface area (TPSA) is 64.4 Å². The van der Waals surface area contributed by atoms with E-state index < -0.39 is 10.0 Å². The van der Waals surface area contributed by atoms with Crippen LogP contribution in [-0.4, -0.2) is 49.8 Å². The monoisotopic (exact) mass is 307 g/mol. The van der Waals surface area contributed by atoms with Crippen LogP contribution in [0.1, 0.15) is 25.0 Å². The first-order valence-electron chi connectivity index (χ1n) is 7.03. The lowest BCUT2D eigenvalue weighted by atomic mass is 10.1. The number of benzene rings is 1. The van der Waals surface area contributed by atoms with Crippen molar-refractivity contribution in [3.8, 4) is 6.07 Å². The third-order valence-electron chi connectivity index (χ3n) is 4.20. The van der Waals surface area contributed by atoms with E-state index in [1.807, 2.05) is 20.9 Å². The fraction of sp³-hybridized carbons (Fsp3) is 0.533. The Morgan fingerprint density at radius 2 is 1.81 bits per heavy atom. The number of likely N-dealkylation sites (N-methyl/N-ethyl adjacent to an activating group) is 1. The van der Waals surface area contributed by atoms with Crippen LogP contribution in [0.3, 0.4) is 0 Å². The van der Waals surface area contributed by atoms with E-state index in [4.69, 9.17) is 5.26 Å². The van der Waals surface area contributed by atoms with E-state index in [-0.39, 0.29) is 17.8 Å². The third kappa shape index (κ3) is 3.43. The van der Waals surface area contributed by atoms with E-state index in [0.717, 1.165) is 0 Å². The molecule has 0 aliphatic carbocycles. The van der Waals surface area contributed by atoms with Gasteiger partial charge in [0.15, 0.2) is 0 Å². The lowest BCUT2D eigenvalue weighted by molar-refractivity contribution is 0.105. The van der Waals surface area contributed by atoms with Gasteiger partial charge in [-0.05, 0) is 32.5 Å². The summed E-state index contributed by atoms with van der Waals surface area (Å²) in [7, 11) is -1.38. The van der Waals surface area contributed by atoms with E-state index >= 15 is 0 Å². The summed E-state index contributed by atoms with van der Waals surface area (Å²) < 4.78 is 26.8. The molecule has 21 heavy (non-hydrogen) atoms. The van der Waals surface area contributed by atoms with Crippen molar-refractivity contribution in [2.24, 2.45) is 0 Å². The molecule has 1 aliphatic rings. The molecule has 2 rings (SSSR count). The molecule has 0 amide bonds. The van der Waals surface area contributed by atoms with Crippen molar-refractivity contribution in [1.82, 2.24) is 9.21 Å². The lowest BCUT2D eigenvalue weighted by Crippen LogP contribution is -2.56. The maximum Gasteiger partial charge on any atom is 0.218 e. The number of hydrogen-bond donors (Lipinski definition) is 0. The fourth-order valence-electron chi connectivity index (χ4n) is 2.63. The van der Waals surface area contributed by atoms with Gasteiger partial charge < -0.3 is 0 Å². The van der Waals surface area contributed by atoms with Crippen LogP contribution in [0.4, 0.5) is 0 Å². The molecule has 1 saturated heterocycles. The standard InChI is InChI=1S/C15H21N3O2S/c1-12-9-18(10-13(2)17(12)3)21(19,20)11-15-7-5-4-6-14(15)8-16/h4-7,12-13H,9-11H2,1-3H3. The zero-order valence-electron chi connectivity index (χ0n) is 12.7. The van der Waals surface area contributed by atoms with Crippen molar-refractivity contribution in [3.63, 3.8) is 0 Å². The van der Waals surface area contributed by atoms with E-state index in [0.29, 0.717) is 24.2 Å². The van der Waals surface area contributed by atoms with Gasteiger partial charge in [0.05, 0.1) is 17.4 Å². The molecule has 0 spiro atoms. The Balaban J connectivity index is 2.21. The Bertz CT molecular complexity index is 639. The second-order valence-corrected chi connectivity index (χ2v) is 7.67. The maximum atomic E-state index is 12.6. The highest BCUT2D eigenvalue weighted by Gasteiger charge is 2.33. The summed E-state index contributed by atoms with van der Waals surface area (Å²) in [5.74, 6) is -0.111. The summed E-state index contributed by atoms with van der Waals surface area (Å²) in [6.07, 6.45) is 0. The highest BCUT2D eigenvalue weighted by molar-refractivity contribution is 7.88. The maximum absolute atomic E-state index is 12.6. The number of hydrogen-bond acceptors (Lipinski definition) is 4. The van der Waals surface area contributed by atoms with Gasteiger partial charge in [-0.1, -0.05) is 18.2 Å². The van der Waals surface area contributed by atoms with Gasteiger partial charge >= 0.3 is 0 Å². The fourth-order valence-corrected chi connectivity index (χ4v) is 4.34. The second-order valence-electron chi connectivity index (χ2n) is 5.71. The molecule has 1 fully saturated rings. The molecular formula is C15H21N3O2S. The zero-order valence-corrected chi connectivity index (χ0v) is 13.5. The van der Waals surface area contributed by atoms with Crippen molar-refractivity contribution in [2.75, 3.05) is 20.1 Å². The Labute approximate surface area is 126 Å². The van der Waals surface area contributed by atoms with Crippen molar-refractivity contribution in [2.45, 2.75) is 31.7 Å². The molecule has 114 valence electrons. The third-order valence-corrected chi connectivity index (χ3v) is 5.96. The Morgan fingerprint density at radius 3 is 2.38 bits per heavy atom. The van der Waals surface area contributed by atoms with Gasteiger partial charge in [-0.3, -0.25) is 4.90 Å². The molecule has 6 heteroatoms. The molecule has 1 heterocycles. The van der Waals surface area contributed by atoms with Gasteiger partial charge in [0.1, 0.15) is 0 Å². The van der Waals surface area contributed by atoms with Crippen LogP contribution in [0, 0.1) is 11.3 Å². The minimum Gasteiger partial charge on any atom is -0.298 e. The first kappa shape index (κ1) is 16.0. The SMILES string of the molecule is CC1CN(S(=O)(=O)Cc2ccccc2C#N)CC(C)N1C. The number of piperazine rings is 1. The van der Waals surface area contributed by atoms with Gasteiger partial charge in [-0.25, -0.2) is 8.42 Å². The summed E-state index contributed by atoms with van der Waals surface area (Å²) in [5, 5.41) is 9.08. The molecule has 0 saturated carbocycles. The van der Waals surface area contributed by atoms with Crippen LogP contribution in [0.5, 0.6) is 0 Å². The van der Waals surface area contributed by atoms with Crippen molar-refractivity contribution in [3.05, 3.63) is 35.4 Å². The van der Waals surface area contributed by atoms with E-state index in [2.05, 4.69) is 11.0 Å². The largest absolute Gasteiger partial charge is 0.298 e. The molecule has 0 bridgehead atoms. The summed E-state index contributed by atoms with van der Waals surface area (Å²) in [6.45, 7) is 5.05. The van der Waals surface area contributed by atoms with Crippen LogP contribution in [0.2, 0.25) is 0 Å². The normalized spacial score (nSPS) is 24.7. The predicted octanol–water partition coefficient (Wildman–Crippen LogP) is 1.41. The molecule has 1 aliphatic heterocycles. The highest BCUT2D eigenvalue weighted by atomic mass is 32.2. The summed E-state index contributed by atoms with van der Waals surface area (Å²) in [5.41, 5.74) is 0.996. The molecule has 0 aromatic heterocycles. The molecule has 5 nitrogen and oxygen atoms in total. The molecule has 2 atom stereocenters. The van der Waals surface area contributed by atoms with Crippen LogP contribution in [0.25, 0.3) is 0 Å². The van der Waals surface area contributed by atoms with Crippen LogP contribution >= 0.6 is 0 Å². The number of sulfonamides is 1. The zero-order chi connectivity index (χ0) is 15.6. The van der Waals surface area contributed by atoms with Gasteiger partial charge in [0, 0.05) is 25.2 Å². The smallest absolute Gasteiger partial charge is 0.218 e. The van der Waals surface area contributed by atoms with Crippen LogP contribution in [0.15, 0.2) is 24.3 Å². The Kier molecular flexibility index (Phi) is 4.67. The van der Waals surface area contributed by atoms with Gasteiger partial charge in [-0.15, -0.1) is 0 Å². The van der Waals surface area contributed by atoms with Crippen molar-refractivity contribution < 1.29 is 8.42 Å². The average molecular weight is 307 g/mol. The number of nitriles is 1. The summed E-state index contributed by atoms with van der Waals surface area (Å²) >= 11 is 0. The van der Waals surface area contributed by atoms with Crippen molar-refractivity contribution >= 4 is 10.0 Å². The quantitative estimate of drug-likeness (QED) is 0.847. The lowest BCUT2D eigenvalue weighted by Gasteiger charge is -2.41. The minimum absolute atomic E-state index is 0.111. The second kappa shape index (κ2) is 6.14. The summed E-state index contributed by atoms with van der Waals surface area (Å²) in [4.78, 5) is 2.19. The number of nitrogens with zero attached hydrogens (tertiary/aromatic N) is 3. The minimum atomic E-state index is -3.40. The van der Waals surface area contributed by atoms with Gasteiger partial charge in [0.25, 0.3) is 0 Å². The van der Waals surface area contributed by atoms with Gasteiger partial charge in [-0.2, -0.15) is 9.57 Å². The first-order valence-corrected chi connectivity index (χ1v) is 8.64. The van der Waals surface area contributed by atoms with E-state index in [1.54, 1.807) is 28.6 Å². The molecular weight excluding hydrogens is 286 g/mol. The Hall–Kier alpha value is -1.42. The molecule has 0 N–H and O–H groups in total. The Morgan fingerprint density at radius 1 is 1.24 bits per heavy atom. The van der Waals surface area contributed by atoms with E-state index in [1.165, 1.54) is 0 Å². The van der Waals surface area contributed by atoms with Gasteiger partial charge in [0.2, 0.25) is 10.0 Å². The average Bonchev–Trinajstić information content (AvgIpc) is 2.44. The molecule has 2 unspecified atom stereocenters. The van der Waals surface area contributed by atoms with Crippen LogP contribution < -0.4 is 0 Å². The van der Waals surface area contributed by atoms with E-state index in [9.17, 15) is 8.42 Å². The molecule has 0 radical (unpaired) electrons. The summed E-state index contributed by atoms with van der Waals surface area (Å²) in [6, 6.07) is 9.30.